The van der Waals surface area contributed by atoms with Crippen LogP contribution in [0.1, 0.15) is 28.1 Å². The molecular weight excluding hydrogens is 370 g/mol. The van der Waals surface area contributed by atoms with Crippen molar-refractivity contribution in [3.63, 3.8) is 0 Å². The van der Waals surface area contributed by atoms with Gasteiger partial charge in [0.1, 0.15) is 0 Å². The number of aliphatic imine (C=N–C) groups is 1. The van der Waals surface area contributed by atoms with Crippen molar-refractivity contribution < 1.29 is 8.42 Å². The number of nitrogens with one attached hydrogen (secondary N) is 3. The van der Waals surface area contributed by atoms with Crippen LogP contribution in [0.4, 0.5) is 0 Å². The molecule has 26 heavy (non-hydrogen) atoms. The number of nitrogens with zero attached hydrogens (tertiary/aromatic N) is 2. The minimum atomic E-state index is -3.41. The molecule has 0 fully saturated rings. The minimum Gasteiger partial charge on any atom is -0.357 e. The maximum absolute atomic E-state index is 11.7. The molecule has 0 bridgehead atoms. The van der Waals surface area contributed by atoms with E-state index < -0.39 is 10.0 Å². The van der Waals surface area contributed by atoms with E-state index in [1.165, 1.54) is 11.9 Å². The number of aromatic nitrogens is 1. The fraction of sp³-hybridized carbons (Fsp3) is 0.412. The van der Waals surface area contributed by atoms with Crippen LogP contribution in [-0.4, -0.2) is 33.0 Å². The van der Waals surface area contributed by atoms with Gasteiger partial charge in [-0.2, -0.15) is 0 Å². The van der Waals surface area contributed by atoms with E-state index in [1.54, 1.807) is 35.6 Å². The van der Waals surface area contributed by atoms with Gasteiger partial charge in [0.05, 0.1) is 28.7 Å². The van der Waals surface area contributed by atoms with Crippen molar-refractivity contribution in [3.8, 4) is 0 Å². The number of aryl methyl sites for hydroxylation is 2. The van der Waals surface area contributed by atoms with Gasteiger partial charge in [-0.1, -0.05) is 12.1 Å². The van der Waals surface area contributed by atoms with E-state index in [0.29, 0.717) is 19.0 Å². The zero-order valence-corrected chi connectivity index (χ0v) is 17.1. The number of thiazole rings is 1. The molecule has 9 heteroatoms. The Balaban J connectivity index is 2.03. The number of guanidine groups is 1. The first kappa shape index (κ1) is 20.3. The molecule has 2 rings (SSSR count). The summed E-state index contributed by atoms with van der Waals surface area (Å²) in [4.78, 5) is 10.4. The number of hydrogen-bond acceptors (Lipinski definition) is 5. The third-order valence-corrected chi connectivity index (χ3v) is 6.19. The maximum atomic E-state index is 11.7. The van der Waals surface area contributed by atoms with Crippen LogP contribution < -0.4 is 15.4 Å². The fourth-order valence-electron chi connectivity index (χ4n) is 2.31. The Bertz CT molecular complexity index is 858. The highest BCUT2D eigenvalue weighted by Gasteiger charge is 2.10. The first-order chi connectivity index (χ1) is 12.4. The second kappa shape index (κ2) is 9.11. The van der Waals surface area contributed by atoms with E-state index in [9.17, 15) is 8.42 Å². The van der Waals surface area contributed by atoms with Crippen molar-refractivity contribution in [1.29, 1.82) is 0 Å². The molecule has 2 aromatic rings. The standard InChI is InChI=1S/C17H25N5O2S2/c1-5-19-17(21-11-16-12(2)22-13(3)25-16)20-10-14-6-8-15(9-7-14)26(23,24)18-4/h6-9,18H,5,10-11H2,1-4H3,(H2,19,20,21). The van der Waals surface area contributed by atoms with Crippen LogP contribution in [0.15, 0.2) is 34.2 Å². The fourth-order valence-corrected chi connectivity index (χ4v) is 3.91. The van der Waals surface area contributed by atoms with Crippen LogP contribution in [-0.2, 0) is 23.1 Å². The van der Waals surface area contributed by atoms with E-state index in [2.05, 4.69) is 25.3 Å². The zero-order chi connectivity index (χ0) is 19.2. The van der Waals surface area contributed by atoms with Gasteiger partial charge in [0, 0.05) is 11.4 Å². The lowest BCUT2D eigenvalue weighted by atomic mass is 10.2. The summed E-state index contributed by atoms with van der Waals surface area (Å²) in [5, 5.41) is 7.57. The van der Waals surface area contributed by atoms with Crippen molar-refractivity contribution in [2.45, 2.75) is 38.8 Å². The normalized spacial score (nSPS) is 12.2. The third-order valence-electron chi connectivity index (χ3n) is 3.68. The summed E-state index contributed by atoms with van der Waals surface area (Å²) in [5.41, 5.74) is 1.97. The number of sulfonamides is 1. The summed E-state index contributed by atoms with van der Waals surface area (Å²) < 4.78 is 25.8. The van der Waals surface area contributed by atoms with E-state index in [1.807, 2.05) is 20.8 Å². The average molecular weight is 396 g/mol. The SMILES string of the molecule is CCNC(=NCc1ccc(S(=O)(=O)NC)cc1)NCc1sc(C)nc1C. The first-order valence-electron chi connectivity index (χ1n) is 8.33. The lowest BCUT2D eigenvalue weighted by Gasteiger charge is -2.11. The molecule has 0 radical (unpaired) electrons. The molecule has 0 atom stereocenters. The summed E-state index contributed by atoms with van der Waals surface area (Å²) in [7, 11) is -2.01. The topological polar surface area (TPSA) is 95.5 Å². The highest BCUT2D eigenvalue weighted by atomic mass is 32.2. The Morgan fingerprint density at radius 1 is 1.19 bits per heavy atom. The van der Waals surface area contributed by atoms with Gasteiger partial charge in [-0.3, -0.25) is 0 Å². The predicted octanol–water partition coefficient (Wildman–Crippen LogP) is 1.92. The first-order valence-corrected chi connectivity index (χ1v) is 10.6. The lowest BCUT2D eigenvalue weighted by Crippen LogP contribution is -2.36. The van der Waals surface area contributed by atoms with Crippen LogP contribution in [0.3, 0.4) is 0 Å². The minimum absolute atomic E-state index is 0.244. The van der Waals surface area contributed by atoms with Gasteiger partial charge in [-0.15, -0.1) is 11.3 Å². The highest BCUT2D eigenvalue weighted by Crippen LogP contribution is 2.16. The molecule has 0 saturated heterocycles. The number of benzene rings is 1. The Kier molecular flexibility index (Phi) is 7.13. The van der Waals surface area contributed by atoms with Crippen molar-refractivity contribution in [2.24, 2.45) is 4.99 Å². The highest BCUT2D eigenvalue weighted by molar-refractivity contribution is 7.89. The summed E-state index contributed by atoms with van der Waals surface area (Å²) >= 11 is 1.68. The molecule has 0 aliphatic rings. The van der Waals surface area contributed by atoms with Crippen LogP contribution >= 0.6 is 11.3 Å². The van der Waals surface area contributed by atoms with Crippen molar-refractivity contribution >= 4 is 27.3 Å². The van der Waals surface area contributed by atoms with Crippen LogP contribution in [0, 0.1) is 13.8 Å². The van der Waals surface area contributed by atoms with Gasteiger partial charge in [0.15, 0.2) is 5.96 Å². The molecule has 3 N–H and O–H groups in total. The van der Waals surface area contributed by atoms with Gasteiger partial charge < -0.3 is 10.6 Å². The summed E-state index contributed by atoms with van der Waals surface area (Å²) in [5.74, 6) is 0.713. The maximum Gasteiger partial charge on any atom is 0.240 e. The van der Waals surface area contributed by atoms with Gasteiger partial charge in [0.25, 0.3) is 0 Å². The second-order valence-electron chi connectivity index (χ2n) is 5.64. The van der Waals surface area contributed by atoms with Gasteiger partial charge in [-0.05, 0) is 45.5 Å². The predicted molar refractivity (Wildman–Crippen MR) is 106 cm³/mol. The summed E-state index contributed by atoms with van der Waals surface area (Å²) in [6, 6.07) is 6.71. The van der Waals surface area contributed by atoms with E-state index >= 15 is 0 Å². The molecule has 7 nitrogen and oxygen atoms in total. The Hall–Kier alpha value is -1.97. The molecule has 1 aromatic carbocycles. The van der Waals surface area contributed by atoms with Gasteiger partial charge >= 0.3 is 0 Å². The average Bonchev–Trinajstić information content (AvgIpc) is 2.95. The molecular formula is C17H25N5O2S2. The molecule has 0 saturated carbocycles. The monoisotopic (exact) mass is 395 g/mol. The smallest absolute Gasteiger partial charge is 0.240 e. The molecule has 0 aliphatic carbocycles. The molecule has 1 aromatic heterocycles. The van der Waals surface area contributed by atoms with Crippen LogP contribution in [0.25, 0.3) is 0 Å². The molecule has 1 heterocycles. The molecule has 0 amide bonds. The van der Waals surface area contributed by atoms with E-state index in [-0.39, 0.29) is 4.90 Å². The zero-order valence-electron chi connectivity index (χ0n) is 15.5. The van der Waals surface area contributed by atoms with Gasteiger partial charge in [0.2, 0.25) is 10.0 Å². The van der Waals surface area contributed by atoms with Crippen LogP contribution in [0.5, 0.6) is 0 Å². The van der Waals surface area contributed by atoms with E-state index in [4.69, 9.17) is 0 Å². The van der Waals surface area contributed by atoms with E-state index in [0.717, 1.165) is 22.8 Å². The molecule has 0 aliphatic heterocycles. The number of rotatable bonds is 7. The second-order valence-corrected chi connectivity index (χ2v) is 8.82. The lowest BCUT2D eigenvalue weighted by molar-refractivity contribution is 0.588. The Morgan fingerprint density at radius 3 is 2.42 bits per heavy atom. The summed E-state index contributed by atoms with van der Waals surface area (Å²) in [6.45, 7) is 7.89. The summed E-state index contributed by atoms with van der Waals surface area (Å²) in [6.07, 6.45) is 0. The Labute approximate surface area is 159 Å². The van der Waals surface area contributed by atoms with Crippen molar-refractivity contribution in [1.82, 2.24) is 20.3 Å². The van der Waals surface area contributed by atoms with Gasteiger partial charge in [-0.25, -0.2) is 23.1 Å². The van der Waals surface area contributed by atoms with Crippen LogP contribution in [0.2, 0.25) is 0 Å². The molecule has 142 valence electrons. The Morgan fingerprint density at radius 2 is 1.88 bits per heavy atom. The van der Waals surface area contributed by atoms with Crippen molar-refractivity contribution in [2.75, 3.05) is 13.6 Å². The largest absolute Gasteiger partial charge is 0.357 e. The quantitative estimate of drug-likeness (QED) is 0.492. The molecule has 0 spiro atoms. The third kappa shape index (κ3) is 5.52. The molecule has 0 unspecified atom stereocenters. The van der Waals surface area contributed by atoms with Crippen molar-refractivity contribution in [3.05, 3.63) is 45.4 Å². The number of hydrogen-bond donors (Lipinski definition) is 3.